The second-order valence-electron chi connectivity index (χ2n) is 7.53. The third kappa shape index (κ3) is 3.63. The van der Waals surface area contributed by atoms with E-state index in [9.17, 15) is 4.79 Å². The van der Waals surface area contributed by atoms with Gasteiger partial charge in [-0.15, -0.1) is 0 Å². The number of anilines is 1. The van der Waals surface area contributed by atoms with Crippen molar-refractivity contribution in [3.8, 4) is 11.3 Å². The van der Waals surface area contributed by atoms with Crippen LogP contribution in [0.1, 0.15) is 37.0 Å². The number of aromatic nitrogens is 5. The average molecular weight is 390 g/mol. The first-order chi connectivity index (χ1) is 14.3. The summed E-state index contributed by atoms with van der Waals surface area (Å²) >= 11 is 0. The fraction of sp³-hybridized carbons (Fsp3) is 0.381. The van der Waals surface area contributed by atoms with E-state index < -0.39 is 0 Å². The Labute approximate surface area is 168 Å². The number of hydrogen-bond acceptors (Lipinski definition) is 7. The van der Waals surface area contributed by atoms with Crippen molar-refractivity contribution in [1.82, 2.24) is 24.7 Å². The third-order valence-electron chi connectivity index (χ3n) is 5.62. The number of nitrogens with zero attached hydrogens (tertiary/aromatic N) is 5. The molecule has 5 rings (SSSR count). The zero-order chi connectivity index (χ0) is 19.6. The Kier molecular flexibility index (Phi) is 4.77. The fourth-order valence-electron chi connectivity index (χ4n) is 3.76. The van der Waals surface area contributed by atoms with Crippen molar-refractivity contribution < 1.29 is 4.74 Å². The van der Waals surface area contributed by atoms with E-state index in [1.54, 1.807) is 30.7 Å². The molecule has 3 aromatic rings. The van der Waals surface area contributed by atoms with Gasteiger partial charge in [0.1, 0.15) is 17.7 Å². The van der Waals surface area contributed by atoms with Crippen LogP contribution in [0.15, 0.2) is 53.7 Å². The first-order valence-corrected chi connectivity index (χ1v) is 9.95. The summed E-state index contributed by atoms with van der Waals surface area (Å²) < 4.78 is 7.20. The highest BCUT2D eigenvalue weighted by Crippen LogP contribution is 2.34. The molecule has 148 valence electrons. The lowest BCUT2D eigenvalue weighted by atomic mass is 9.85. The van der Waals surface area contributed by atoms with E-state index >= 15 is 0 Å². The first-order valence-electron chi connectivity index (χ1n) is 9.95. The molecule has 0 amide bonds. The van der Waals surface area contributed by atoms with Gasteiger partial charge in [0.05, 0.1) is 24.9 Å². The highest BCUT2D eigenvalue weighted by atomic mass is 16.5. The van der Waals surface area contributed by atoms with Gasteiger partial charge in [0.25, 0.3) is 5.56 Å². The summed E-state index contributed by atoms with van der Waals surface area (Å²) in [7, 11) is 0. The van der Waals surface area contributed by atoms with Gasteiger partial charge in [0.15, 0.2) is 0 Å². The van der Waals surface area contributed by atoms with Crippen LogP contribution in [-0.4, -0.2) is 44.0 Å². The van der Waals surface area contributed by atoms with E-state index in [-0.39, 0.29) is 17.6 Å². The maximum atomic E-state index is 12.6. The summed E-state index contributed by atoms with van der Waals surface area (Å²) in [5.41, 5.74) is 1.42. The molecule has 0 radical (unpaired) electrons. The Bertz CT molecular complexity index is 1050. The molecule has 2 fully saturated rings. The molecule has 2 atom stereocenters. The molecule has 1 saturated heterocycles. The van der Waals surface area contributed by atoms with Gasteiger partial charge >= 0.3 is 0 Å². The molecule has 0 spiro atoms. The number of hydrogen-bond donors (Lipinski definition) is 1. The molecule has 2 aliphatic rings. The van der Waals surface area contributed by atoms with Crippen molar-refractivity contribution in [1.29, 1.82) is 0 Å². The predicted octanol–water partition coefficient (Wildman–Crippen LogP) is 2.41. The largest absolute Gasteiger partial charge is 0.377 e. The van der Waals surface area contributed by atoms with Crippen LogP contribution in [0.3, 0.4) is 0 Å². The average Bonchev–Trinajstić information content (AvgIpc) is 3.16. The maximum Gasteiger partial charge on any atom is 0.267 e. The normalized spacial score (nSPS) is 21.7. The first kappa shape index (κ1) is 17.9. The summed E-state index contributed by atoms with van der Waals surface area (Å²) in [6, 6.07) is 8.58. The summed E-state index contributed by atoms with van der Waals surface area (Å²) in [4.78, 5) is 25.8. The molecule has 2 unspecified atom stereocenters. The Morgan fingerprint density at radius 3 is 2.83 bits per heavy atom. The molecule has 8 heteroatoms. The molecular formula is C21H22N6O2. The molecule has 1 aliphatic carbocycles. The number of rotatable bonds is 5. The second kappa shape index (κ2) is 7.71. The fourth-order valence-corrected chi connectivity index (χ4v) is 3.76. The zero-order valence-electron chi connectivity index (χ0n) is 15.9. The molecular weight excluding hydrogens is 368 g/mol. The van der Waals surface area contributed by atoms with Gasteiger partial charge in [-0.25, -0.2) is 14.6 Å². The molecule has 29 heavy (non-hydrogen) atoms. The zero-order valence-corrected chi connectivity index (χ0v) is 15.9. The highest BCUT2D eigenvalue weighted by Gasteiger charge is 2.32. The molecule has 1 N–H and O–H groups in total. The minimum Gasteiger partial charge on any atom is -0.377 e. The lowest BCUT2D eigenvalue weighted by Crippen LogP contribution is -2.37. The van der Waals surface area contributed by atoms with E-state index in [1.165, 1.54) is 11.1 Å². The standard InChI is InChI=1S/C21H22N6O2/c28-20-7-6-16(15-5-2-9-22-11-15)26-27(20)18-13-29-12-17(18)24-19-8-10-23-21(25-19)14-3-1-4-14/h2,5-11,14,17-18H,1,3-4,12-13H2,(H,23,24,25). The van der Waals surface area contributed by atoms with Crippen molar-refractivity contribution in [3.63, 3.8) is 0 Å². The van der Waals surface area contributed by atoms with Crippen LogP contribution in [0.25, 0.3) is 11.3 Å². The van der Waals surface area contributed by atoms with Crippen LogP contribution in [0.4, 0.5) is 5.82 Å². The van der Waals surface area contributed by atoms with Gasteiger partial charge in [-0.1, -0.05) is 6.42 Å². The minimum absolute atomic E-state index is 0.103. The lowest BCUT2D eigenvalue weighted by molar-refractivity contribution is 0.183. The summed E-state index contributed by atoms with van der Waals surface area (Å²) in [6.45, 7) is 0.903. The predicted molar refractivity (Wildman–Crippen MR) is 108 cm³/mol. The molecule has 0 bridgehead atoms. The number of ether oxygens (including phenoxy) is 1. The van der Waals surface area contributed by atoms with Gasteiger partial charge in [-0.3, -0.25) is 9.78 Å². The van der Waals surface area contributed by atoms with Crippen molar-refractivity contribution in [3.05, 3.63) is 65.1 Å². The van der Waals surface area contributed by atoms with E-state index in [0.717, 1.165) is 30.0 Å². The minimum atomic E-state index is -0.221. The summed E-state index contributed by atoms with van der Waals surface area (Å²) in [5, 5.41) is 8.03. The molecule has 4 heterocycles. The molecule has 1 saturated carbocycles. The Morgan fingerprint density at radius 2 is 2.03 bits per heavy atom. The van der Waals surface area contributed by atoms with Crippen molar-refractivity contribution in [2.75, 3.05) is 18.5 Å². The van der Waals surface area contributed by atoms with Crippen LogP contribution in [0, 0.1) is 0 Å². The van der Waals surface area contributed by atoms with Crippen LogP contribution in [0.5, 0.6) is 0 Å². The maximum absolute atomic E-state index is 12.6. The Hall–Kier alpha value is -3.13. The van der Waals surface area contributed by atoms with Gasteiger partial charge in [-0.05, 0) is 37.1 Å². The molecule has 0 aromatic carbocycles. The van der Waals surface area contributed by atoms with Crippen molar-refractivity contribution >= 4 is 5.82 Å². The lowest BCUT2D eigenvalue weighted by Gasteiger charge is -2.25. The van der Waals surface area contributed by atoms with Crippen LogP contribution >= 0.6 is 0 Å². The van der Waals surface area contributed by atoms with Gasteiger partial charge in [0, 0.05) is 36.1 Å². The van der Waals surface area contributed by atoms with E-state index in [1.807, 2.05) is 18.2 Å². The van der Waals surface area contributed by atoms with Crippen LogP contribution in [-0.2, 0) is 4.74 Å². The summed E-state index contributed by atoms with van der Waals surface area (Å²) in [5.74, 6) is 2.12. The van der Waals surface area contributed by atoms with Gasteiger partial charge in [-0.2, -0.15) is 5.10 Å². The smallest absolute Gasteiger partial charge is 0.267 e. The molecule has 1 aliphatic heterocycles. The van der Waals surface area contributed by atoms with Crippen molar-refractivity contribution in [2.24, 2.45) is 0 Å². The van der Waals surface area contributed by atoms with E-state index in [0.29, 0.717) is 24.8 Å². The Morgan fingerprint density at radius 1 is 1.10 bits per heavy atom. The van der Waals surface area contributed by atoms with E-state index in [2.05, 4.69) is 25.4 Å². The molecule has 8 nitrogen and oxygen atoms in total. The van der Waals surface area contributed by atoms with Crippen LogP contribution < -0.4 is 10.9 Å². The monoisotopic (exact) mass is 390 g/mol. The molecule has 3 aromatic heterocycles. The SMILES string of the molecule is O=c1ccc(-c2cccnc2)nn1C1COCC1Nc1ccnc(C2CCC2)n1. The topological polar surface area (TPSA) is 94.8 Å². The third-order valence-corrected chi connectivity index (χ3v) is 5.62. The second-order valence-corrected chi connectivity index (χ2v) is 7.53. The summed E-state index contributed by atoms with van der Waals surface area (Å²) in [6.07, 6.45) is 8.79. The van der Waals surface area contributed by atoms with Gasteiger partial charge in [0.2, 0.25) is 0 Å². The van der Waals surface area contributed by atoms with Crippen molar-refractivity contribution in [2.45, 2.75) is 37.3 Å². The van der Waals surface area contributed by atoms with Gasteiger partial charge < -0.3 is 10.1 Å². The Balaban J connectivity index is 1.40. The van der Waals surface area contributed by atoms with E-state index in [4.69, 9.17) is 4.74 Å². The number of pyridine rings is 1. The van der Waals surface area contributed by atoms with Crippen LogP contribution in [0.2, 0.25) is 0 Å². The quantitative estimate of drug-likeness (QED) is 0.715. The number of nitrogens with one attached hydrogen (secondary N) is 1. The highest BCUT2D eigenvalue weighted by molar-refractivity contribution is 5.56.